The maximum Gasteiger partial charge on any atom is 0.273 e. The molecule has 0 saturated heterocycles. The van der Waals surface area contributed by atoms with E-state index < -0.39 is 4.92 Å². The lowest BCUT2D eigenvalue weighted by Gasteiger charge is -2.06. The van der Waals surface area contributed by atoms with Crippen molar-refractivity contribution in [1.82, 2.24) is 4.98 Å². The van der Waals surface area contributed by atoms with Gasteiger partial charge in [0, 0.05) is 6.07 Å². The van der Waals surface area contributed by atoms with Crippen molar-refractivity contribution in [3.63, 3.8) is 0 Å². The molecule has 0 N–H and O–H groups in total. The second kappa shape index (κ2) is 5.20. The van der Waals surface area contributed by atoms with Crippen molar-refractivity contribution in [3.8, 4) is 11.6 Å². The highest BCUT2D eigenvalue weighted by atomic mass is 35.5. The number of benzene rings is 1. The molecule has 0 amide bonds. The van der Waals surface area contributed by atoms with E-state index in [9.17, 15) is 10.1 Å². The third-order valence-electron chi connectivity index (χ3n) is 2.02. The van der Waals surface area contributed by atoms with Crippen molar-refractivity contribution >= 4 is 28.9 Å². The lowest BCUT2D eigenvalue weighted by atomic mass is 10.3. The van der Waals surface area contributed by atoms with Gasteiger partial charge in [-0.05, 0) is 18.2 Å². The summed E-state index contributed by atoms with van der Waals surface area (Å²) in [6.45, 7) is 0. The zero-order valence-electron chi connectivity index (χ0n) is 8.84. The minimum atomic E-state index is -0.514. The molecule has 0 atom stereocenters. The Morgan fingerprint density at radius 3 is 2.72 bits per heavy atom. The van der Waals surface area contributed by atoms with Gasteiger partial charge < -0.3 is 4.74 Å². The molecule has 1 aromatic carbocycles. The summed E-state index contributed by atoms with van der Waals surface area (Å²) in [7, 11) is 0. The molecule has 0 spiro atoms. The predicted molar refractivity (Wildman–Crippen MR) is 67.4 cm³/mol. The molecule has 0 aliphatic rings. The molecule has 92 valence electrons. The van der Waals surface area contributed by atoms with Crippen LogP contribution < -0.4 is 4.74 Å². The molecule has 0 fully saturated rings. The van der Waals surface area contributed by atoms with Gasteiger partial charge in [-0.25, -0.2) is 0 Å². The van der Waals surface area contributed by atoms with Gasteiger partial charge in [0.05, 0.1) is 11.0 Å². The Balaban J connectivity index is 2.31. The molecule has 7 heteroatoms. The van der Waals surface area contributed by atoms with Crippen LogP contribution in [0.1, 0.15) is 0 Å². The Kier molecular flexibility index (Phi) is 3.64. The van der Waals surface area contributed by atoms with Gasteiger partial charge in [0.1, 0.15) is 15.9 Å². The Labute approximate surface area is 112 Å². The smallest absolute Gasteiger partial charge is 0.273 e. The number of rotatable bonds is 3. The van der Waals surface area contributed by atoms with Gasteiger partial charge in [-0.3, -0.25) is 10.1 Å². The maximum absolute atomic E-state index is 10.6. The van der Waals surface area contributed by atoms with Crippen LogP contribution in [0.2, 0.25) is 10.2 Å². The summed E-state index contributed by atoms with van der Waals surface area (Å²) in [6.07, 6.45) is 0. The van der Waals surface area contributed by atoms with E-state index in [0.717, 1.165) is 0 Å². The number of ether oxygens (including phenoxy) is 1. The first-order valence-corrected chi connectivity index (χ1v) is 5.56. The topological polar surface area (TPSA) is 65.3 Å². The summed E-state index contributed by atoms with van der Waals surface area (Å²) < 4.78 is 5.35. The zero-order valence-corrected chi connectivity index (χ0v) is 10.4. The van der Waals surface area contributed by atoms with Crippen LogP contribution in [-0.2, 0) is 0 Å². The van der Waals surface area contributed by atoms with E-state index in [4.69, 9.17) is 27.9 Å². The van der Waals surface area contributed by atoms with E-state index in [0.29, 0.717) is 0 Å². The second-order valence-electron chi connectivity index (χ2n) is 3.28. The largest absolute Gasteiger partial charge is 0.437 e. The lowest BCUT2D eigenvalue weighted by Crippen LogP contribution is -1.91. The average Bonchev–Trinajstić information content (AvgIpc) is 2.34. The van der Waals surface area contributed by atoms with Crippen molar-refractivity contribution in [3.05, 3.63) is 56.7 Å². The van der Waals surface area contributed by atoms with Crippen LogP contribution in [0.5, 0.6) is 11.6 Å². The first-order chi connectivity index (χ1) is 8.56. The van der Waals surface area contributed by atoms with E-state index in [2.05, 4.69) is 4.98 Å². The molecule has 2 rings (SSSR count). The van der Waals surface area contributed by atoms with Gasteiger partial charge >= 0.3 is 0 Å². The summed E-state index contributed by atoms with van der Waals surface area (Å²) in [5, 5.41) is 11.1. The first kappa shape index (κ1) is 12.6. The van der Waals surface area contributed by atoms with Crippen molar-refractivity contribution in [2.24, 2.45) is 0 Å². The van der Waals surface area contributed by atoms with Crippen LogP contribution in [0.25, 0.3) is 0 Å². The minimum Gasteiger partial charge on any atom is -0.437 e. The normalized spacial score (nSPS) is 10.1. The number of hydrogen-bond donors (Lipinski definition) is 0. The number of nitrogens with zero attached hydrogens (tertiary/aromatic N) is 2. The molecule has 1 heterocycles. The summed E-state index contributed by atoms with van der Waals surface area (Å²) in [6, 6.07) is 8.75. The fraction of sp³-hybridized carbons (Fsp3) is 0. The zero-order chi connectivity index (χ0) is 13.1. The Morgan fingerprint density at radius 1 is 1.22 bits per heavy atom. The number of pyridine rings is 1. The van der Waals surface area contributed by atoms with Crippen LogP contribution in [0.15, 0.2) is 36.4 Å². The predicted octanol–water partition coefficient (Wildman–Crippen LogP) is 4.09. The van der Waals surface area contributed by atoms with Gasteiger partial charge in [0.25, 0.3) is 5.69 Å². The highest BCUT2D eigenvalue weighted by Crippen LogP contribution is 2.30. The molecule has 2 aromatic rings. The monoisotopic (exact) mass is 284 g/mol. The van der Waals surface area contributed by atoms with Crippen LogP contribution in [0.4, 0.5) is 5.69 Å². The maximum atomic E-state index is 10.6. The highest BCUT2D eigenvalue weighted by molar-refractivity contribution is 6.33. The fourth-order valence-corrected chi connectivity index (χ4v) is 1.53. The number of hydrogen-bond acceptors (Lipinski definition) is 4. The van der Waals surface area contributed by atoms with Crippen LogP contribution >= 0.6 is 23.2 Å². The average molecular weight is 285 g/mol. The second-order valence-corrected chi connectivity index (χ2v) is 4.07. The van der Waals surface area contributed by atoms with Gasteiger partial charge in [-0.15, -0.1) is 0 Å². The molecule has 0 aliphatic carbocycles. The molecule has 1 aromatic heterocycles. The molecule has 0 radical (unpaired) electrons. The summed E-state index contributed by atoms with van der Waals surface area (Å²) >= 11 is 11.6. The summed E-state index contributed by atoms with van der Waals surface area (Å²) in [5.41, 5.74) is -0.0781. The molecule has 18 heavy (non-hydrogen) atoms. The Hall–Kier alpha value is -1.85. The molecule has 0 aliphatic heterocycles. The SMILES string of the molecule is O=[N+]([O-])c1cccc(Oc2nc(Cl)ccc2Cl)c1. The molecule has 5 nitrogen and oxygen atoms in total. The van der Waals surface area contributed by atoms with Crippen molar-refractivity contribution in [2.45, 2.75) is 0 Å². The third kappa shape index (κ3) is 2.88. The summed E-state index contributed by atoms with van der Waals surface area (Å²) in [5.74, 6) is 0.366. The van der Waals surface area contributed by atoms with E-state index in [1.165, 1.54) is 30.3 Å². The number of non-ortho nitro benzene ring substituents is 1. The van der Waals surface area contributed by atoms with E-state index in [1.807, 2.05) is 0 Å². The third-order valence-corrected chi connectivity index (χ3v) is 2.52. The quantitative estimate of drug-likeness (QED) is 0.484. The van der Waals surface area contributed by atoms with Crippen LogP contribution in [-0.4, -0.2) is 9.91 Å². The van der Waals surface area contributed by atoms with Crippen LogP contribution in [0.3, 0.4) is 0 Å². The van der Waals surface area contributed by atoms with Crippen molar-refractivity contribution < 1.29 is 9.66 Å². The molecular weight excluding hydrogens is 279 g/mol. The van der Waals surface area contributed by atoms with Gasteiger partial charge in [-0.1, -0.05) is 29.3 Å². The standard InChI is InChI=1S/C11H6Cl2N2O3/c12-9-4-5-10(13)14-11(9)18-8-3-1-2-7(6-8)15(16)17/h1-6H. The lowest BCUT2D eigenvalue weighted by molar-refractivity contribution is -0.384. The van der Waals surface area contributed by atoms with E-state index >= 15 is 0 Å². The molecular formula is C11H6Cl2N2O3. The van der Waals surface area contributed by atoms with Gasteiger partial charge in [0.2, 0.25) is 5.88 Å². The number of aromatic nitrogens is 1. The van der Waals surface area contributed by atoms with Crippen LogP contribution in [0, 0.1) is 10.1 Å². The Morgan fingerprint density at radius 2 is 2.00 bits per heavy atom. The number of nitro benzene ring substituents is 1. The fourth-order valence-electron chi connectivity index (χ4n) is 1.24. The molecule has 0 unspecified atom stereocenters. The first-order valence-electron chi connectivity index (χ1n) is 4.80. The van der Waals surface area contributed by atoms with Crippen molar-refractivity contribution in [1.29, 1.82) is 0 Å². The van der Waals surface area contributed by atoms with E-state index in [-0.39, 0.29) is 27.5 Å². The Bertz CT molecular complexity index is 605. The van der Waals surface area contributed by atoms with Gasteiger partial charge in [-0.2, -0.15) is 4.98 Å². The molecule has 0 bridgehead atoms. The van der Waals surface area contributed by atoms with Gasteiger partial charge in [0.15, 0.2) is 0 Å². The highest BCUT2D eigenvalue weighted by Gasteiger charge is 2.10. The summed E-state index contributed by atoms with van der Waals surface area (Å²) in [4.78, 5) is 14.0. The van der Waals surface area contributed by atoms with E-state index in [1.54, 1.807) is 6.07 Å². The van der Waals surface area contributed by atoms with Crippen molar-refractivity contribution in [2.75, 3.05) is 0 Å². The number of halogens is 2. The molecule has 0 saturated carbocycles. The number of nitro groups is 1. The minimum absolute atomic E-state index is 0.0781.